The number of rotatable bonds is 0. The standard InChI is InChI=1S/CHF3O2S.CH4/c2-1(3,4)7(5)6;/h(H,5,6);1H4/p-1. The number of hydrogen-bond acceptors (Lipinski definition) is 2. The van der Waals surface area contributed by atoms with Gasteiger partial charge in [0.25, 0.3) is 0 Å². The summed E-state index contributed by atoms with van der Waals surface area (Å²) in [6.45, 7) is 0. The molecule has 1 atom stereocenters. The second kappa shape index (κ2) is 3.03. The van der Waals surface area contributed by atoms with Crippen molar-refractivity contribution in [2.45, 2.75) is 12.9 Å². The van der Waals surface area contributed by atoms with E-state index in [1.807, 2.05) is 0 Å². The van der Waals surface area contributed by atoms with Crippen molar-refractivity contribution >= 4 is 11.1 Å². The van der Waals surface area contributed by atoms with Crippen LogP contribution in [0.5, 0.6) is 0 Å². The predicted molar refractivity (Wildman–Crippen MR) is 21.7 cm³/mol. The molecule has 0 aliphatic rings. The zero-order valence-corrected chi connectivity index (χ0v) is 3.68. The van der Waals surface area contributed by atoms with E-state index in [9.17, 15) is 13.2 Å². The van der Waals surface area contributed by atoms with E-state index in [0.29, 0.717) is 0 Å². The van der Waals surface area contributed by atoms with Crippen LogP contribution in [0.15, 0.2) is 0 Å². The van der Waals surface area contributed by atoms with Crippen molar-refractivity contribution < 1.29 is 21.9 Å². The van der Waals surface area contributed by atoms with Gasteiger partial charge in [-0.2, -0.15) is 13.2 Å². The molecule has 0 aliphatic carbocycles. The molecule has 0 aliphatic heterocycles. The lowest BCUT2D eigenvalue weighted by Crippen LogP contribution is -2.14. The fraction of sp³-hybridized carbons (Fsp3) is 1.00. The van der Waals surface area contributed by atoms with Gasteiger partial charge in [0, 0.05) is 0 Å². The molecule has 0 saturated carbocycles. The van der Waals surface area contributed by atoms with Gasteiger partial charge in [-0.05, 0) is 0 Å². The van der Waals surface area contributed by atoms with Crippen LogP contribution in [0.2, 0.25) is 0 Å². The molecule has 52 valence electrons. The zero-order chi connectivity index (χ0) is 6.08. The molecule has 0 aromatic heterocycles. The van der Waals surface area contributed by atoms with E-state index >= 15 is 0 Å². The summed E-state index contributed by atoms with van der Waals surface area (Å²) >= 11 is -3.93. The van der Waals surface area contributed by atoms with Crippen LogP contribution in [-0.4, -0.2) is 14.3 Å². The molecule has 8 heavy (non-hydrogen) atoms. The first-order valence-corrected chi connectivity index (χ1v) is 2.18. The first-order chi connectivity index (χ1) is 2.94. The molecule has 6 heteroatoms. The van der Waals surface area contributed by atoms with E-state index in [-0.39, 0.29) is 7.43 Å². The number of halogens is 3. The van der Waals surface area contributed by atoms with Gasteiger partial charge in [-0.3, -0.25) is 4.21 Å². The van der Waals surface area contributed by atoms with Gasteiger partial charge in [-0.15, -0.1) is 0 Å². The fourth-order valence-corrected chi connectivity index (χ4v) is 0. The molecule has 0 spiro atoms. The molecule has 0 N–H and O–H groups in total. The topological polar surface area (TPSA) is 40.1 Å². The Morgan fingerprint density at radius 2 is 1.50 bits per heavy atom. The molecule has 2 nitrogen and oxygen atoms in total. The smallest absolute Gasteiger partial charge is 0.458 e. The van der Waals surface area contributed by atoms with E-state index in [4.69, 9.17) is 8.76 Å². The fourth-order valence-electron chi connectivity index (χ4n) is 0. The van der Waals surface area contributed by atoms with Gasteiger partial charge in [-0.1, -0.05) is 7.43 Å². The third-order valence-corrected chi connectivity index (χ3v) is 0.567. The summed E-state index contributed by atoms with van der Waals surface area (Å²) in [6.07, 6.45) is 0. The first-order valence-electron chi connectivity index (χ1n) is 1.10. The Balaban J connectivity index is 0. The lowest BCUT2D eigenvalue weighted by molar-refractivity contribution is -0.0452. The number of hydrogen-bond donors (Lipinski definition) is 0. The van der Waals surface area contributed by atoms with E-state index < -0.39 is 16.6 Å². The van der Waals surface area contributed by atoms with Gasteiger partial charge in [0.2, 0.25) is 0 Å². The molecule has 0 rings (SSSR count). The Bertz CT molecular complexity index is 87.8. The summed E-state index contributed by atoms with van der Waals surface area (Å²) in [5, 5.41) is 0. The van der Waals surface area contributed by atoms with Crippen LogP contribution in [-0.2, 0) is 11.1 Å². The summed E-state index contributed by atoms with van der Waals surface area (Å²) in [6, 6.07) is 0. The second-order valence-corrected chi connectivity index (χ2v) is 1.61. The van der Waals surface area contributed by atoms with Crippen LogP contribution in [0, 0.1) is 0 Å². The normalized spacial score (nSPS) is 14.5. The molecular formula is C2H4F3O2S-. The van der Waals surface area contributed by atoms with E-state index in [0.717, 1.165) is 0 Å². The largest absolute Gasteiger partial charge is 0.766 e. The Hall–Kier alpha value is -0.100. The third-order valence-electron chi connectivity index (χ3n) is 0.189. The maximum atomic E-state index is 10.6. The summed E-state index contributed by atoms with van der Waals surface area (Å²) in [4.78, 5) is 0. The van der Waals surface area contributed by atoms with Crippen molar-refractivity contribution in [3.8, 4) is 0 Å². The molecule has 0 bridgehead atoms. The van der Waals surface area contributed by atoms with Gasteiger partial charge in [0.1, 0.15) is 0 Å². The van der Waals surface area contributed by atoms with Crippen molar-refractivity contribution in [3.05, 3.63) is 0 Å². The number of alkyl halides is 3. The highest BCUT2D eigenvalue weighted by Gasteiger charge is 2.28. The highest BCUT2D eigenvalue weighted by Crippen LogP contribution is 2.16. The average molecular weight is 149 g/mol. The van der Waals surface area contributed by atoms with E-state index in [1.54, 1.807) is 0 Å². The molecule has 0 radical (unpaired) electrons. The van der Waals surface area contributed by atoms with Crippen molar-refractivity contribution in [1.29, 1.82) is 0 Å². The zero-order valence-electron chi connectivity index (χ0n) is 2.86. The third kappa shape index (κ3) is 4.07. The van der Waals surface area contributed by atoms with Gasteiger partial charge in [0.15, 0.2) is 0 Å². The Kier molecular flexibility index (Phi) is 4.10. The molecule has 0 saturated heterocycles. The molecule has 1 unspecified atom stereocenters. The minimum Gasteiger partial charge on any atom is -0.766 e. The van der Waals surface area contributed by atoms with Crippen LogP contribution in [0.3, 0.4) is 0 Å². The summed E-state index contributed by atoms with van der Waals surface area (Å²) in [7, 11) is 0. The summed E-state index contributed by atoms with van der Waals surface area (Å²) < 4.78 is 49.5. The van der Waals surface area contributed by atoms with Gasteiger partial charge >= 0.3 is 5.51 Å². The average Bonchev–Trinajstić information content (AvgIpc) is 1.31. The maximum absolute atomic E-state index is 10.6. The lowest BCUT2D eigenvalue weighted by Gasteiger charge is -2.06. The molecule has 0 amide bonds. The van der Waals surface area contributed by atoms with Crippen molar-refractivity contribution in [2.24, 2.45) is 0 Å². The Morgan fingerprint density at radius 3 is 1.50 bits per heavy atom. The highest BCUT2D eigenvalue weighted by molar-refractivity contribution is 7.80. The van der Waals surface area contributed by atoms with Crippen molar-refractivity contribution in [3.63, 3.8) is 0 Å². The SMILES string of the molecule is C.O=S([O-])C(F)(F)F. The minimum atomic E-state index is -5.08. The quantitative estimate of drug-likeness (QED) is 0.482. The van der Waals surface area contributed by atoms with Crippen LogP contribution in [0.4, 0.5) is 13.2 Å². The maximum Gasteiger partial charge on any atom is 0.458 e. The molecule has 0 aromatic rings. The van der Waals surface area contributed by atoms with Crippen molar-refractivity contribution in [1.82, 2.24) is 0 Å². The first kappa shape index (κ1) is 10.8. The van der Waals surface area contributed by atoms with Crippen LogP contribution < -0.4 is 0 Å². The van der Waals surface area contributed by atoms with Crippen molar-refractivity contribution in [2.75, 3.05) is 0 Å². The molecular weight excluding hydrogens is 145 g/mol. The molecule has 0 aromatic carbocycles. The minimum absolute atomic E-state index is 0. The van der Waals surface area contributed by atoms with E-state index in [1.165, 1.54) is 0 Å². The summed E-state index contributed by atoms with van der Waals surface area (Å²) in [5.41, 5.74) is -5.08. The predicted octanol–water partition coefficient (Wildman–Crippen LogP) is 1.02. The highest BCUT2D eigenvalue weighted by atomic mass is 32.2. The van der Waals surface area contributed by atoms with E-state index in [2.05, 4.69) is 0 Å². The van der Waals surface area contributed by atoms with Gasteiger partial charge in [-0.25, -0.2) is 0 Å². The van der Waals surface area contributed by atoms with Crippen LogP contribution >= 0.6 is 0 Å². The summed E-state index contributed by atoms with van der Waals surface area (Å²) in [5.74, 6) is 0. The van der Waals surface area contributed by atoms with Crippen LogP contribution in [0.1, 0.15) is 7.43 Å². The van der Waals surface area contributed by atoms with Gasteiger partial charge < -0.3 is 4.55 Å². The monoisotopic (exact) mass is 149 g/mol. The lowest BCUT2D eigenvalue weighted by atomic mass is 11.6. The molecule has 0 fully saturated rings. The Labute approximate surface area is 47.0 Å². The molecule has 0 heterocycles. The van der Waals surface area contributed by atoms with Gasteiger partial charge in [0.05, 0.1) is 11.1 Å². The van der Waals surface area contributed by atoms with Crippen LogP contribution in [0.25, 0.3) is 0 Å². The Morgan fingerprint density at radius 1 is 1.38 bits per heavy atom. The second-order valence-electron chi connectivity index (χ2n) is 0.680.